The van der Waals surface area contributed by atoms with Crippen molar-refractivity contribution >= 4 is 23.6 Å². The quantitative estimate of drug-likeness (QED) is 0.645. The van der Waals surface area contributed by atoms with Gasteiger partial charge in [-0.15, -0.1) is 0 Å². The van der Waals surface area contributed by atoms with Gasteiger partial charge in [-0.25, -0.2) is 9.59 Å². The number of hydrogen-bond donors (Lipinski definition) is 2. The molecule has 0 radical (unpaired) electrons. The zero-order valence-corrected chi connectivity index (χ0v) is 13.4. The second-order valence-corrected chi connectivity index (χ2v) is 5.49. The van der Waals surface area contributed by atoms with E-state index in [0.717, 1.165) is 12.8 Å². The van der Waals surface area contributed by atoms with Crippen LogP contribution in [0, 0.1) is 0 Å². The summed E-state index contributed by atoms with van der Waals surface area (Å²) in [6.45, 7) is 4.06. The summed E-state index contributed by atoms with van der Waals surface area (Å²) in [5.41, 5.74) is 1.53. The number of rotatable bonds is 5. The fraction of sp³-hybridized carbons (Fsp3) is 0.375. The Morgan fingerprint density at radius 1 is 1.36 bits per heavy atom. The molecule has 1 aromatic rings. The lowest BCUT2D eigenvalue weighted by atomic mass is 9.95. The lowest BCUT2D eigenvalue weighted by molar-refractivity contribution is -0.139. The SMILES string of the molecule is CCCCOC(=O)C1=C(C)NC(=O)N[C@H]1c1ccccc1Cl. The van der Waals surface area contributed by atoms with Gasteiger partial charge in [-0.05, 0) is 25.0 Å². The zero-order valence-electron chi connectivity index (χ0n) is 12.6. The maximum atomic E-state index is 12.4. The Labute approximate surface area is 134 Å². The molecule has 0 saturated carbocycles. The molecule has 2 amide bonds. The van der Waals surface area contributed by atoms with Crippen molar-refractivity contribution in [2.24, 2.45) is 0 Å². The maximum Gasteiger partial charge on any atom is 0.338 e. The highest BCUT2D eigenvalue weighted by atomic mass is 35.5. The average molecular weight is 323 g/mol. The first-order chi connectivity index (χ1) is 10.5. The molecule has 118 valence electrons. The van der Waals surface area contributed by atoms with Gasteiger partial charge in [0, 0.05) is 10.7 Å². The second-order valence-electron chi connectivity index (χ2n) is 5.08. The van der Waals surface area contributed by atoms with E-state index in [1.165, 1.54) is 0 Å². The standard InChI is InChI=1S/C16H19ClN2O3/c1-3-4-9-22-15(20)13-10(2)18-16(21)19-14(13)11-7-5-6-8-12(11)17/h5-8,14H,3-4,9H2,1-2H3,(H2,18,19,21)/t14-/m0/s1. The summed E-state index contributed by atoms with van der Waals surface area (Å²) in [7, 11) is 0. The molecule has 0 unspecified atom stereocenters. The van der Waals surface area contributed by atoms with Crippen molar-refractivity contribution in [1.82, 2.24) is 10.6 Å². The summed E-state index contributed by atoms with van der Waals surface area (Å²) in [6.07, 6.45) is 1.74. The Hall–Kier alpha value is -2.01. The molecule has 1 heterocycles. The molecule has 0 aliphatic carbocycles. The number of halogens is 1. The minimum absolute atomic E-state index is 0.356. The van der Waals surface area contributed by atoms with Crippen molar-refractivity contribution in [3.63, 3.8) is 0 Å². The van der Waals surface area contributed by atoms with Crippen molar-refractivity contribution < 1.29 is 14.3 Å². The van der Waals surface area contributed by atoms with E-state index in [0.29, 0.717) is 28.5 Å². The third kappa shape index (κ3) is 3.60. The van der Waals surface area contributed by atoms with Crippen LogP contribution in [0.25, 0.3) is 0 Å². The van der Waals surface area contributed by atoms with E-state index >= 15 is 0 Å². The van der Waals surface area contributed by atoms with E-state index in [1.807, 2.05) is 13.0 Å². The summed E-state index contributed by atoms with van der Waals surface area (Å²) in [5, 5.41) is 5.82. The summed E-state index contributed by atoms with van der Waals surface area (Å²) in [4.78, 5) is 24.1. The van der Waals surface area contributed by atoms with Gasteiger partial charge in [0.2, 0.25) is 0 Å². The van der Waals surface area contributed by atoms with Gasteiger partial charge in [0.25, 0.3) is 0 Å². The Balaban J connectivity index is 2.33. The first-order valence-corrected chi connectivity index (χ1v) is 7.62. The van der Waals surface area contributed by atoms with E-state index in [2.05, 4.69) is 10.6 Å². The normalized spacial score (nSPS) is 17.8. The largest absolute Gasteiger partial charge is 0.462 e. The minimum atomic E-state index is -0.614. The van der Waals surface area contributed by atoms with Crippen molar-refractivity contribution in [3.05, 3.63) is 46.1 Å². The minimum Gasteiger partial charge on any atom is -0.462 e. The van der Waals surface area contributed by atoms with Gasteiger partial charge in [0.15, 0.2) is 0 Å². The topological polar surface area (TPSA) is 67.4 Å². The van der Waals surface area contributed by atoms with Crippen LogP contribution in [0.4, 0.5) is 4.79 Å². The van der Waals surface area contributed by atoms with Crippen LogP contribution in [0.5, 0.6) is 0 Å². The van der Waals surface area contributed by atoms with Gasteiger partial charge < -0.3 is 15.4 Å². The van der Waals surface area contributed by atoms with E-state index in [9.17, 15) is 9.59 Å². The lowest BCUT2D eigenvalue weighted by Crippen LogP contribution is -2.45. The molecule has 0 fully saturated rings. The van der Waals surface area contributed by atoms with Gasteiger partial charge in [0.05, 0.1) is 18.2 Å². The van der Waals surface area contributed by atoms with Crippen LogP contribution in [-0.4, -0.2) is 18.6 Å². The van der Waals surface area contributed by atoms with E-state index < -0.39 is 12.0 Å². The van der Waals surface area contributed by atoms with Crippen molar-refractivity contribution in [2.75, 3.05) is 6.61 Å². The van der Waals surface area contributed by atoms with Crippen molar-refractivity contribution in [3.8, 4) is 0 Å². The highest BCUT2D eigenvalue weighted by Gasteiger charge is 2.33. The van der Waals surface area contributed by atoms with Gasteiger partial charge in [-0.3, -0.25) is 0 Å². The smallest absolute Gasteiger partial charge is 0.338 e. The van der Waals surface area contributed by atoms with Gasteiger partial charge in [-0.1, -0.05) is 43.1 Å². The lowest BCUT2D eigenvalue weighted by Gasteiger charge is -2.28. The van der Waals surface area contributed by atoms with E-state index in [4.69, 9.17) is 16.3 Å². The van der Waals surface area contributed by atoms with Crippen LogP contribution in [-0.2, 0) is 9.53 Å². The monoisotopic (exact) mass is 322 g/mol. The number of esters is 1. The first kappa shape index (κ1) is 16.4. The highest BCUT2D eigenvalue weighted by molar-refractivity contribution is 6.31. The Bertz CT molecular complexity index is 613. The molecule has 5 nitrogen and oxygen atoms in total. The number of unbranched alkanes of at least 4 members (excludes halogenated alkanes) is 1. The van der Waals surface area contributed by atoms with Crippen molar-refractivity contribution in [1.29, 1.82) is 0 Å². The molecule has 1 aliphatic rings. The molecule has 2 rings (SSSR count). The number of ether oxygens (including phenoxy) is 1. The molecule has 6 heteroatoms. The fourth-order valence-corrected chi connectivity index (χ4v) is 2.54. The van der Waals surface area contributed by atoms with Crippen LogP contribution in [0.15, 0.2) is 35.5 Å². The molecular weight excluding hydrogens is 304 g/mol. The number of hydrogen-bond acceptors (Lipinski definition) is 3. The number of nitrogens with one attached hydrogen (secondary N) is 2. The molecule has 0 spiro atoms. The van der Waals surface area contributed by atoms with Crippen LogP contribution in [0.2, 0.25) is 5.02 Å². The average Bonchev–Trinajstić information content (AvgIpc) is 2.47. The second kappa shape index (κ2) is 7.31. The molecule has 1 aliphatic heterocycles. The Kier molecular flexibility index (Phi) is 5.44. The van der Waals surface area contributed by atoms with Crippen LogP contribution >= 0.6 is 11.6 Å². The molecule has 2 N–H and O–H groups in total. The predicted octanol–water partition coefficient (Wildman–Crippen LogP) is 3.31. The van der Waals surface area contributed by atoms with Gasteiger partial charge in [-0.2, -0.15) is 0 Å². The number of benzene rings is 1. The number of allylic oxidation sites excluding steroid dienone is 1. The number of urea groups is 1. The van der Waals surface area contributed by atoms with E-state index in [1.54, 1.807) is 25.1 Å². The molecule has 0 saturated heterocycles. The molecule has 0 bridgehead atoms. The summed E-state index contributed by atoms with van der Waals surface area (Å²) in [6, 6.07) is 6.13. The van der Waals surface area contributed by atoms with Gasteiger partial charge >= 0.3 is 12.0 Å². The molecule has 0 aromatic heterocycles. The van der Waals surface area contributed by atoms with E-state index in [-0.39, 0.29) is 6.03 Å². The maximum absolute atomic E-state index is 12.4. The number of amides is 2. The molecule has 1 aromatic carbocycles. The van der Waals surface area contributed by atoms with Crippen LogP contribution in [0.1, 0.15) is 38.3 Å². The third-order valence-corrected chi connectivity index (χ3v) is 3.78. The Morgan fingerprint density at radius 3 is 2.77 bits per heavy atom. The zero-order chi connectivity index (χ0) is 16.1. The van der Waals surface area contributed by atoms with Crippen molar-refractivity contribution in [2.45, 2.75) is 32.7 Å². The molecular formula is C16H19ClN2O3. The summed E-state index contributed by atoms with van der Waals surface area (Å²) >= 11 is 6.20. The third-order valence-electron chi connectivity index (χ3n) is 3.44. The van der Waals surface area contributed by atoms with Crippen LogP contribution in [0.3, 0.4) is 0 Å². The molecule has 1 atom stereocenters. The summed E-state index contributed by atoms with van der Waals surface area (Å²) < 4.78 is 5.29. The highest BCUT2D eigenvalue weighted by Crippen LogP contribution is 2.31. The number of carbonyl (C=O) groups is 2. The fourth-order valence-electron chi connectivity index (χ4n) is 2.29. The Morgan fingerprint density at radius 2 is 2.09 bits per heavy atom. The predicted molar refractivity (Wildman–Crippen MR) is 84.4 cm³/mol. The number of carbonyl (C=O) groups excluding carboxylic acids is 2. The van der Waals surface area contributed by atoms with Crippen LogP contribution < -0.4 is 10.6 Å². The summed E-state index contributed by atoms with van der Waals surface area (Å²) in [5.74, 6) is -0.441. The van der Waals surface area contributed by atoms with Gasteiger partial charge in [0.1, 0.15) is 0 Å². The molecule has 22 heavy (non-hydrogen) atoms. The first-order valence-electron chi connectivity index (χ1n) is 7.24.